The smallest absolute Gasteiger partial charge is 0.0794 e. The van der Waals surface area contributed by atoms with Crippen molar-refractivity contribution in [2.24, 2.45) is 0 Å². The molecule has 0 aliphatic rings. The molecule has 2 rings (SSSR count). The number of nitrogens with zero attached hydrogens (tertiary/aromatic N) is 3. The van der Waals surface area contributed by atoms with E-state index in [0.29, 0.717) is 6.04 Å². The van der Waals surface area contributed by atoms with Gasteiger partial charge in [0.2, 0.25) is 0 Å². The standard InChI is InChI=1S/C11H16N4S/c1-3-15-7-10(5-14-15)4-13-9(2)11-6-12-8-16-11/h5-9,13H,3-4H2,1-2H3. The maximum absolute atomic E-state index is 4.24. The topological polar surface area (TPSA) is 42.7 Å². The SMILES string of the molecule is CCn1cc(CNC(C)c2cncs2)cn1. The Kier molecular flexibility index (Phi) is 3.69. The van der Waals surface area contributed by atoms with Crippen LogP contribution in [-0.4, -0.2) is 14.8 Å². The van der Waals surface area contributed by atoms with Gasteiger partial charge in [0.1, 0.15) is 0 Å². The molecule has 2 heterocycles. The lowest BCUT2D eigenvalue weighted by molar-refractivity contribution is 0.581. The molecule has 1 unspecified atom stereocenters. The third kappa shape index (κ3) is 2.68. The van der Waals surface area contributed by atoms with E-state index in [1.165, 1.54) is 10.4 Å². The molecule has 0 bridgehead atoms. The van der Waals surface area contributed by atoms with Gasteiger partial charge in [-0.25, -0.2) is 0 Å². The molecule has 5 heteroatoms. The molecule has 0 amide bonds. The molecule has 0 aliphatic heterocycles. The van der Waals surface area contributed by atoms with Gasteiger partial charge in [-0.05, 0) is 13.8 Å². The van der Waals surface area contributed by atoms with Crippen LogP contribution in [-0.2, 0) is 13.1 Å². The van der Waals surface area contributed by atoms with Crippen LogP contribution in [0.3, 0.4) is 0 Å². The molecular weight excluding hydrogens is 220 g/mol. The minimum absolute atomic E-state index is 0.345. The molecule has 0 spiro atoms. The third-order valence-corrected chi connectivity index (χ3v) is 3.46. The lowest BCUT2D eigenvalue weighted by atomic mass is 10.2. The lowest BCUT2D eigenvalue weighted by Gasteiger charge is -2.09. The molecule has 1 N–H and O–H groups in total. The van der Waals surface area contributed by atoms with Gasteiger partial charge in [0.25, 0.3) is 0 Å². The molecule has 16 heavy (non-hydrogen) atoms. The van der Waals surface area contributed by atoms with Gasteiger partial charge in [0.05, 0.1) is 11.7 Å². The molecule has 0 saturated carbocycles. The van der Waals surface area contributed by atoms with Crippen molar-refractivity contribution < 1.29 is 0 Å². The van der Waals surface area contributed by atoms with Gasteiger partial charge in [0, 0.05) is 42.0 Å². The van der Waals surface area contributed by atoms with Crippen LogP contribution < -0.4 is 5.32 Å². The van der Waals surface area contributed by atoms with E-state index in [4.69, 9.17) is 0 Å². The summed E-state index contributed by atoms with van der Waals surface area (Å²) in [5.41, 5.74) is 3.08. The highest BCUT2D eigenvalue weighted by atomic mass is 32.1. The van der Waals surface area contributed by atoms with Gasteiger partial charge in [-0.3, -0.25) is 9.67 Å². The molecular formula is C11H16N4S. The van der Waals surface area contributed by atoms with Crippen LogP contribution in [0.15, 0.2) is 24.1 Å². The first-order valence-electron chi connectivity index (χ1n) is 5.42. The Morgan fingerprint density at radius 2 is 2.38 bits per heavy atom. The molecule has 0 aromatic carbocycles. The molecule has 4 nitrogen and oxygen atoms in total. The number of aromatic nitrogens is 3. The van der Waals surface area contributed by atoms with E-state index in [1.54, 1.807) is 11.3 Å². The first-order chi connectivity index (χ1) is 7.79. The third-order valence-electron chi connectivity index (χ3n) is 2.50. The van der Waals surface area contributed by atoms with E-state index < -0.39 is 0 Å². The number of rotatable bonds is 5. The number of aryl methyl sites for hydroxylation is 1. The van der Waals surface area contributed by atoms with Gasteiger partial charge in [-0.15, -0.1) is 11.3 Å². The summed E-state index contributed by atoms with van der Waals surface area (Å²) in [5, 5.41) is 7.70. The summed E-state index contributed by atoms with van der Waals surface area (Å²) in [6.07, 6.45) is 5.90. The van der Waals surface area contributed by atoms with Crippen LogP contribution in [0, 0.1) is 0 Å². The van der Waals surface area contributed by atoms with E-state index >= 15 is 0 Å². The quantitative estimate of drug-likeness (QED) is 0.865. The van der Waals surface area contributed by atoms with Crippen molar-refractivity contribution in [1.29, 1.82) is 0 Å². The first-order valence-corrected chi connectivity index (χ1v) is 6.30. The molecule has 2 aromatic heterocycles. The van der Waals surface area contributed by atoms with Crippen molar-refractivity contribution in [2.75, 3.05) is 0 Å². The number of thiazole rings is 1. The largest absolute Gasteiger partial charge is 0.305 e. The zero-order valence-electron chi connectivity index (χ0n) is 9.55. The van der Waals surface area contributed by atoms with Gasteiger partial charge in [0.15, 0.2) is 0 Å². The van der Waals surface area contributed by atoms with Crippen LogP contribution in [0.25, 0.3) is 0 Å². The van der Waals surface area contributed by atoms with Crippen LogP contribution >= 0.6 is 11.3 Å². The van der Waals surface area contributed by atoms with Crippen LogP contribution in [0.1, 0.15) is 30.3 Å². The average Bonchev–Trinajstić information content (AvgIpc) is 2.96. The van der Waals surface area contributed by atoms with E-state index in [9.17, 15) is 0 Å². The monoisotopic (exact) mass is 236 g/mol. The Labute approximate surface area is 99.3 Å². The van der Waals surface area contributed by atoms with Crippen LogP contribution in [0.4, 0.5) is 0 Å². The van der Waals surface area contributed by atoms with E-state index in [1.807, 2.05) is 22.6 Å². The Bertz CT molecular complexity index is 421. The lowest BCUT2D eigenvalue weighted by Crippen LogP contribution is -2.16. The molecule has 0 saturated heterocycles. The van der Waals surface area contributed by atoms with Gasteiger partial charge in [-0.2, -0.15) is 5.10 Å². The molecule has 0 fully saturated rings. The van der Waals surface area contributed by atoms with E-state index in [-0.39, 0.29) is 0 Å². The number of nitrogens with one attached hydrogen (secondary N) is 1. The maximum Gasteiger partial charge on any atom is 0.0794 e. The number of hydrogen-bond acceptors (Lipinski definition) is 4. The minimum atomic E-state index is 0.345. The molecule has 0 aliphatic carbocycles. The van der Waals surface area contributed by atoms with E-state index in [0.717, 1.165) is 13.1 Å². The van der Waals surface area contributed by atoms with Crippen molar-refractivity contribution in [3.8, 4) is 0 Å². The van der Waals surface area contributed by atoms with Gasteiger partial charge >= 0.3 is 0 Å². The maximum atomic E-state index is 4.24. The average molecular weight is 236 g/mol. The normalized spacial score (nSPS) is 12.9. The Hall–Kier alpha value is -1.20. The zero-order valence-corrected chi connectivity index (χ0v) is 10.4. The molecule has 2 aromatic rings. The van der Waals surface area contributed by atoms with Gasteiger partial charge in [-0.1, -0.05) is 0 Å². The van der Waals surface area contributed by atoms with Crippen molar-refractivity contribution in [2.45, 2.75) is 33.0 Å². The summed E-state index contributed by atoms with van der Waals surface area (Å²) in [6.45, 7) is 6.01. The second kappa shape index (κ2) is 5.23. The molecule has 86 valence electrons. The van der Waals surface area contributed by atoms with Crippen molar-refractivity contribution >= 4 is 11.3 Å². The summed E-state index contributed by atoms with van der Waals surface area (Å²) in [6, 6.07) is 0.345. The fourth-order valence-electron chi connectivity index (χ4n) is 1.48. The van der Waals surface area contributed by atoms with Gasteiger partial charge < -0.3 is 5.32 Å². The highest BCUT2D eigenvalue weighted by Crippen LogP contribution is 2.16. The Morgan fingerprint density at radius 3 is 3.00 bits per heavy atom. The summed E-state index contributed by atoms with van der Waals surface area (Å²) in [4.78, 5) is 5.34. The number of hydrogen-bond donors (Lipinski definition) is 1. The molecule has 1 atom stereocenters. The summed E-state index contributed by atoms with van der Waals surface area (Å²) in [7, 11) is 0. The zero-order chi connectivity index (χ0) is 11.4. The predicted molar refractivity (Wildman–Crippen MR) is 65.3 cm³/mol. The Balaban J connectivity index is 1.87. The fourth-order valence-corrected chi connectivity index (χ4v) is 2.13. The molecule has 0 radical (unpaired) electrons. The van der Waals surface area contributed by atoms with Crippen LogP contribution in [0.2, 0.25) is 0 Å². The second-order valence-electron chi connectivity index (χ2n) is 3.71. The van der Waals surface area contributed by atoms with Crippen molar-refractivity contribution in [3.05, 3.63) is 34.5 Å². The first kappa shape index (κ1) is 11.3. The predicted octanol–water partition coefficient (Wildman–Crippen LogP) is 2.21. The summed E-state index contributed by atoms with van der Waals surface area (Å²) in [5.74, 6) is 0. The summed E-state index contributed by atoms with van der Waals surface area (Å²) >= 11 is 1.68. The Morgan fingerprint density at radius 1 is 1.50 bits per heavy atom. The summed E-state index contributed by atoms with van der Waals surface area (Å²) < 4.78 is 1.94. The van der Waals surface area contributed by atoms with E-state index in [2.05, 4.69) is 35.4 Å². The highest BCUT2D eigenvalue weighted by Gasteiger charge is 2.06. The van der Waals surface area contributed by atoms with Crippen molar-refractivity contribution in [1.82, 2.24) is 20.1 Å². The van der Waals surface area contributed by atoms with Crippen LogP contribution in [0.5, 0.6) is 0 Å². The highest BCUT2D eigenvalue weighted by molar-refractivity contribution is 7.09. The second-order valence-corrected chi connectivity index (χ2v) is 4.63. The van der Waals surface area contributed by atoms with Crippen molar-refractivity contribution in [3.63, 3.8) is 0 Å². The minimum Gasteiger partial charge on any atom is -0.305 e. The fraction of sp³-hybridized carbons (Fsp3) is 0.455.